The van der Waals surface area contributed by atoms with Crippen molar-refractivity contribution in [2.45, 2.75) is 12.5 Å². The molecule has 11 heavy (non-hydrogen) atoms. The van der Waals surface area contributed by atoms with E-state index >= 15 is 0 Å². The summed E-state index contributed by atoms with van der Waals surface area (Å²) < 4.78 is 0. The fraction of sp³-hybridized carbons (Fsp3) is 0.833. The molecule has 1 amide bonds. The first-order valence-corrected chi connectivity index (χ1v) is 4.69. The summed E-state index contributed by atoms with van der Waals surface area (Å²) in [5, 5.41) is 19.2. The molecular formula is C6H13NO3S. The summed E-state index contributed by atoms with van der Waals surface area (Å²) >= 11 is 1.63. The molecule has 0 aliphatic carbocycles. The maximum atomic E-state index is 10.1. The van der Waals surface area contributed by atoms with Gasteiger partial charge in [0.25, 0.3) is 0 Å². The molecule has 1 atom stereocenters. The Kier molecular flexibility index (Phi) is 6.06. The second-order valence-electron chi connectivity index (χ2n) is 2.11. The van der Waals surface area contributed by atoms with Crippen LogP contribution in [0.2, 0.25) is 0 Å². The minimum absolute atomic E-state index is 0.132. The highest BCUT2D eigenvalue weighted by molar-refractivity contribution is 7.98. The van der Waals surface area contributed by atoms with Gasteiger partial charge in [-0.25, -0.2) is 4.79 Å². The monoisotopic (exact) mass is 179 g/mol. The van der Waals surface area contributed by atoms with E-state index in [4.69, 9.17) is 10.2 Å². The van der Waals surface area contributed by atoms with Crippen LogP contribution in [0.25, 0.3) is 0 Å². The molecule has 0 heterocycles. The summed E-state index contributed by atoms with van der Waals surface area (Å²) in [6.45, 7) is -0.132. The van der Waals surface area contributed by atoms with Crippen LogP contribution in [0, 0.1) is 0 Å². The lowest BCUT2D eigenvalue weighted by molar-refractivity contribution is 0.176. The molecular weight excluding hydrogens is 166 g/mol. The van der Waals surface area contributed by atoms with Crippen molar-refractivity contribution in [3.63, 3.8) is 0 Å². The van der Waals surface area contributed by atoms with Gasteiger partial charge >= 0.3 is 6.09 Å². The van der Waals surface area contributed by atoms with Crippen LogP contribution in [0.5, 0.6) is 0 Å². The molecule has 0 unspecified atom stereocenters. The lowest BCUT2D eigenvalue weighted by Gasteiger charge is -2.12. The Morgan fingerprint density at radius 3 is 2.73 bits per heavy atom. The Morgan fingerprint density at radius 2 is 2.36 bits per heavy atom. The molecule has 3 N–H and O–H groups in total. The van der Waals surface area contributed by atoms with Gasteiger partial charge in [0.2, 0.25) is 0 Å². The molecule has 0 bridgehead atoms. The fourth-order valence-corrected chi connectivity index (χ4v) is 1.16. The van der Waals surface area contributed by atoms with Crippen LogP contribution in [0.4, 0.5) is 4.79 Å². The lowest BCUT2D eigenvalue weighted by atomic mass is 10.2. The first kappa shape index (κ1) is 10.6. The van der Waals surface area contributed by atoms with Crippen LogP contribution >= 0.6 is 11.8 Å². The van der Waals surface area contributed by atoms with Crippen LogP contribution < -0.4 is 5.32 Å². The summed E-state index contributed by atoms with van der Waals surface area (Å²) in [5.41, 5.74) is 0. The van der Waals surface area contributed by atoms with E-state index in [1.165, 1.54) is 0 Å². The number of hydrogen-bond donors (Lipinski definition) is 3. The second kappa shape index (κ2) is 6.30. The standard InChI is InChI=1S/C6H13NO3S/c1-11-3-2-5(4-8)7-6(9)10/h5,7-8H,2-4H2,1H3,(H,9,10)/t5-/m1/s1. The van der Waals surface area contributed by atoms with Crippen molar-refractivity contribution in [1.29, 1.82) is 0 Å². The van der Waals surface area contributed by atoms with Gasteiger partial charge < -0.3 is 15.5 Å². The summed E-state index contributed by atoms with van der Waals surface area (Å²) in [5.74, 6) is 0.853. The maximum Gasteiger partial charge on any atom is 0.404 e. The summed E-state index contributed by atoms with van der Waals surface area (Å²) in [6, 6.07) is -0.319. The number of carbonyl (C=O) groups is 1. The molecule has 0 aromatic carbocycles. The molecule has 0 aliphatic heterocycles. The molecule has 0 saturated heterocycles. The third kappa shape index (κ3) is 6.00. The zero-order valence-corrected chi connectivity index (χ0v) is 7.23. The van der Waals surface area contributed by atoms with Crippen molar-refractivity contribution in [2.75, 3.05) is 18.6 Å². The van der Waals surface area contributed by atoms with Gasteiger partial charge in [-0.1, -0.05) is 0 Å². The van der Waals surface area contributed by atoms with E-state index < -0.39 is 6.09 Å². The first-order chi connectivity index (χ1) is 5.20. The highest BCUT2D eigenvalue weighted by Crippen LogP contribution is 1.99. The molecule has 0 saturated carbocycles. The van der Waals surface area contributed by atoms with Gasteiger partial charge in [0, 0.05) is 0 Å². The predicted octanol–water partition coefficient (Wildman–Crippen LogP) is 0.368. The quantitative estimate of drug-likeness (QED) is 0.570. The molecule has 0 fully saturated rings. The average Bonchev–Trinajstić information content (AvgIpc) is 1.97. The lowest BCUT2D eigenvalue weighted by Crippen LogP contribution is -2.36. The third-order valence-electron chi connectivity index (χ3n) is 1.22. The minimum Gasteiger partial charge on any atom is -0.465 e. The number of nitrogens with one attached hydrogen (secondary N) is 1. The number of carboxylic acid groups (broad SMARTS) is 1. The number of thioether (sulfide) groups is 1. The van der Waals surface area contributed by atoms with E-state index in [0.29, 0.717) is 6.42 Å². The zero-order chi connectivity index (χ0) is 8.69. The Balaban J connectivity index is 3.49. The molecule has 0 aromatic heterocycles. The first-order valence-electron chi connectivity index (χ1n) is 3.30. The predicted molar refractivity (Wildman–Crippen MR) is 45.0 cm³/mol. The molecule has 0 radical (unpaired) electrons. The number of rotatable bonds is 5. The van der Waals surface area contributed by atoms with Gasteiger partial charge in [-0.2, -0.15) is 11.8 Å². The van der Waals surface area contributed by atoms with Gasteiger partial charge in [-0.3, -0.25) is 0 Å². The van der Waals surface area contributed by atoms with Gasteiger partial charge in [-0.05, 0) is 18.4 Å². The molecule has 66 valence electrons. The van der Waals surface area contributed by atoms with E-state index in [1.54, 1.807) is 11.8 Å². The van der Waals surface area contributed by atoms with E-state index in [0.717, 1.165) is 5.75 Å². The van der Waals surface area contributed by atoms with Crippen molar-refractivity contribution in [3.05, 3.63) is 0 Å². The summed E-state index contributed by atoms with van der Waals surface area (Å²) in [4.78, 5) is 10.1. The molecule has 0 rings (SSSR count). The Labute approximate surface area is 70.0 Å². The zero-order valence-electron chi connectivity index (χ0n) is 6.41. The van der Waals surface area contributed by atoms with E-state index in [9.17, 15) is 4.79 Å². The molecule has 0 aliphatic rings. The minimum atomic E-state index is -1.08. The van der Waals surface area contributed by atoms with Crippen LogP contribution in [0.3, 0.4) is 0 Å². The number of aliphatic hydroxyl groups excluding tert-OH is 1. The van der Waals surface area contributed by atoms with Gasteiger partial charge in [-0.15, -0.1) is 0 Å². The average molecular weight is 179 g/mol. The third-order valence-corrected chi connectivity index (χ3v) is 1.86. The smallest absolute Gasteiger partial charge is 0.404 e. The van der Waals surface area contributed by atoms with E-state index in [1.807, 2.05) is 6.26 Å². The number of amides is 1. The largest absolute Gasteiger partial charge is 0.465 e. The highest BCUT2D eigenvalue weighted by atomic mass is 32.2. The second-order valence-corrected chi connectivity index (χ2v) is 3.10. The van der Waals surface area contributed by atoms with Crippen molar-refractivity contribution < 1.29 is 15.0 Å². The summed E-state index contributed by atoms with van der Waals surface area (Å²) in [7, 11) is 0. The normalized spacial score (nSPS) is 12.5. The topological polar surface area (TPSA) is 69.6 Å². The Bertz CT molecular complexity index is 120. The van der Waals surface area contributed by atoms with Gasteiger partial charge in [0.1, 0.15) is 0 Å². The maximum absolute atomic E-state index is 10.1. The molecule has 5 heteroatoms. The SMILES string of the molecule is CSCC[C@H](CO)NC(=O)O. The van der Waals surface area contributed by atoms with Crippen molar-refractivity contribution in [1.82, 2.24) is 5.32 Å². The highest BCUT2D eigenvalue weighted by Gasteiger charge is 2.08. The molecule has 4 nitrogen and oxygen atoms in total. The van der Waals surface area contributed by atoms with Gasteiger partial charge in [0.05, 0.1) is 12.6 Å². The number of aliphatic hydroxyl groups is 1. The fourth-order valence-electron chi connectivity index (χ4n) is 0.644. The Morgan fingerprint density at radius 1 is 1.73 bits per heavy atom. The Hall–Kier alpha value is -0.420. The van der Waals surface area contributed by atoms with E-state index in [2.05, 4.69) is 5.32 Å². The van der Waals surface area contributed by atoms with Crippen LogP contribution in [0.15, 0.2) is 0 Å². The summed E-state index contributed by atoms with van der Waals surface area (Å²) in [6.07, 6.45) is 1.53. The van der Waals surface area contributed by atoms with Gasteiger partial charge in [0.15, 0.2) is 0 Å². The molecule has 0 spiro atoms. The van der Waals surface area contributed by atoms with Crippen molar-refractivity contribution >= 4 is 17.9 Å². The van der Waals surface area contributed by atoms with E-state index in [-0.39, 0.29) is 12.6 Å². The molecule has 0 aromatic rings. The van der Waals surface area contributed by atoms with Crippen molar-refractivity contribution in [2.24, 2.45) is 0 Å². The number of hydrogen-bond acceptors (Lipinski definition) is 3. The van der Waals surface area contributed by atoms with Crippen molar-refractivity contribution in [3.8, 4) is 0 Å². The van der Waals surface area contributed by atoms with Crippen LogP contribution in [-0.4, -0.2) is 41.0 Å². The van der Waals surface area contributed by atoms with Crippen LogP contribution in [-0.2, 0) is 0 Å². The van der Waals surface area contributed by atoms with Crippen LogP contribution in [0.1, 0.15) is 6.42 Å².